The molecule has 2 aromatic rings. The lowest BCUT2D eigenvalue weighted by atomic mass is 9.88. The van der Waals surface area contributed by atoms with Gasteiger partial charge in [-0.3, -0.25) is 9.78 Å². The van der Waals surface area contributed by atoms with Gasteiger partial charge in [-0.25, -0.2) is 0 Å². The molecule has 1 unspecified atom stereocenters. The molecule has 5 rings (SSSR count). The molecule has 3 atom stereocenters. The third-order valence-electron chi connectivity index (χ3n) is 7.92. The highest BCUT2D eigenvalue weighted by Crippen LogP contribution is 2.37. The van der Waals surface area contributed by atoms with Gasteiger partial charge in [0.05, 0.1) is 11.7 Å². The number of aliphatic hydroxyl groups is 1. The number of ether oxygens (including phenoxy) is 2. The van der Waals surface area contributed by atoms with Crippen molar-refractivity contribution in [2.75, 3.05) is 32.8 Å². The molecular formula is C32H37F2N3O4. The molecule has 1 aromatic heterocycles. The van der Waals surface area contributed by atoms with Gasteiger partial charge in [-0.05, 0) is 80.6 Å². The molecule has 0 bridgehead atoms. The predicted octanol–water partition coefficient (Wildman–Crippen LogP) is 5.10. The van der Waals surface area contributed by atoms with Crippen LogP contribution in [0.1, 0.15) is 49.5 Å². The van der Waals surface area contributed by atoms with Crippen LogP contribution in [0, 0.1) is 5.92 Å². The highest BCUT2D eigenvalue weighted by Gasteiger charge is 2.48. The molecule has 7 nitrogen and oxygen atoms in total. The van der Waals surface area contributed by atoms with Crippen LogP contribution in [0.15, 0.2) is 73.0 Å². The number of nitrogens with zero attached hydrogens (tertiary/aromatic N) is 2. The van der Waals surface area contributed by atoms with Gasteiger partial charge in [0.15, 0.2) is 11.5 Å². The minimum atomic E-state index is -3.67. The van der Waals surface area contributed by atoms with Crippen LogP contribution in [0.3, 0.4) is 0 Å². The zero-order valence-electron chi connectivity index (χ0n) is 23.1. The number of aliphatic hydroxyl groups excluding tert-OH is 1. The van der Waals surface area contributed by atoms with Crippen molar-refractivity contribution in [1.82, 2.24) is 15.2 Å². The number of halogens is 2. The molecule has 1 fully saturated rings. The summed E-state index contributed by atoms with van der Waals surface area (Å²) >= 11 is 0. The van der Waals surface area contributed by atoms with Crippen LogP contribution >= 0.6 is 0 Å². The van der Waals surface area contributed by atoms with E-state index in [9.17, 15) is 9.90 Å². The first-order valence-electron chi connectivity index (χ1n) is 14.3. The van der Waals surface area contributed by atoms with Gasteiger partial charge in [-0.2, -0.15) is 8.78 Å². The van der Waals surface area contributed by atoms with E-state index in [2.05, 4.69) is 21.8 Å². The summed E-state index contributed by atoms with van der Waals surface area (Å²) in [5.41, 5.74) is 2.55. The predicted molar refractivity (Wildman–Crippen MR) is 153 cm³/mol. The number of carbonyl (C=O) groups is 1. The number of amides is 1. The van der Waals surface area contributed by atoms with Crippen LogP contribution in [0.2, 0.25) is 0 Å². The Morgan fingerprint density at radius 2 is 1.93 bits per heavy atom. The van der Waals surface area contributed by atoms with Crippen LogP contribution < -0.4 is 14.8 Å². The molecule has 1 saturated heterocycles. The number of allylic oxidation sites excluding steroid dienone is 5. The van der Waals surface area contributed by atoms with Crippen LogP contribution in [0.25, 0.3) is 5.57 Å². The Hall–Kier alpha value is -3.56. The first kappa shape index (κ1) is 29.0. The Balaban J connectivity index is 1.33. The maximum atomic E-state index is 15.9. The molecular weight excluding hydrogens is 528 g/mol. The number of likely N-dealkylation sites (tertiary alicyclic amines) is 1. The van der Waals surface area contributed by atoms with Gasteiger partial charge in [-0.1, -0.05) is 42.5 Å². The van der Waals surface area contributed by atoms with E-state index in [-0.39, 0.29) is 19.4 Å². The standard InChI is InChI=1S/C32H37F2N3O4/c1-22-10-11-23(26-9-2-3-14-35-26)7-6-8-25(19-22)32(33,34)31(39)36-27(21-37-15-4-5-16-37)30(38)24-12-13-28-29(20-24)41-18-17-40-28/h2-3,7,9-14,20,25,27,30,38H,1,4-6,8,15-19,21H2,(H,36,39)/b11-10-,23-7+/t25?,27-,30-/m1/s1. The number of aromatic nitrogens is 1. The molecule has 2 aliphatic heterocycles. The number of pyridine rings is 1. The van der Waals surface area contributed by atoms with Crippen molar-refractivity contribution in [2.24, 2.45) is 5.92 Å². The number of hydrogen-bond donors (Lipinski definition) is 2. The van der Waals surface area contributed by atoms with E-state index in [1.54, 1.807) is 30.5 Å². The quantitative estimate of drug-likeness (QED) is 0.464. The lowest BCUT2D eigenvalue weighted by Gasteiger charge is -2.32. The summed E-state index contributed by atoms with van der Waals surface area (Å²) in [7, 11) is 0. The molecule has 218 valence electrons. The summed E-state index contributed by atoms with van der Waals surface area (Å²) < 4.78 is 42.9. The third kappa shape index (κ3) is 7.02. The second kappa shape index (κ2) is 13.0. The van der Waals surface area contributed by atoms with E-state index in [0.717, 1.165) is 37.2 Å². The van der Waals surface area contributed by atoms with E-state index in [4.69, 9.17) is 9.47 Å². The average molecular weight is 566 g/mol. The first-order chi connectivity index (χ1) is 19.8. The van der Waals surface area contributed by atoms with Crippen molar-refractivity contribution in [2.45, 2.75) is 50.2 Å². The fraction of sp³-hybridized carbons (Fsp3) is 0.438. The second-order valence-corrected chi connectivity index (χ2v) is 10.9. The number of rotatable bonds is 8. The fourth-order valence-corrected chi connectivity index (χ4v) is 5.63. The largest absolute Gasteiger partial charge is 0.486 e. The molecule has 2 N–H and O–H groups in total. The summed E-state index contributed by atoms with van der Waals surface area (Å²) in [6.45, 7) is 6.62. The van der Waals surface area contributed by atoms with Crippen molar-refractivity contribution in [3.63, 3.8) is 0 Å². The monoisotopic (exact) mass is 565 g/mol. The number of alkyl halides is 2. The van der Waals surface area contributed by atoms with E-state index in [1.165, 1.54) is 0 Å². The van der Waals surface area contributed by atoms with Crippen molar-refractivity contribution >= 4 is 11.5 Å². The summed E-state index contributed by atoms with van der Waals surface area (Å²) in [6.07, 6.45) is 8.30. The van der Waals surface area contributed by atoms with Crippen molar-refractivity contribution in [3.8, 4) is 11.5 Å². The topological polar surface area (TPSA) is 83.9 Å². The molecule has 1 aromatic carbocycles. The molecule has 9 heteroatoms. The van der Waals surface area contributed by atoms with Crippen LogP contribution in [-0.2, 0) is 4.79 Å². The molecule has 0 radical (unpaired) electrons. The van der Waals surface area contributed by atoms with Gasteiger partial charge in [0.2, 0.25) is 0 Å². The average Bonchev–Trinajstić information content (AvgIpc) is 3.53. The van der Waals surface area contributed by atoms with Crippen LogP contribution in [0.5, 0.6) is 11.5 Å². The molecule has 1 aliphatic carbocycles. The maximum absolute atomic E-state index is 15.9. The van der Waals surface area contributed by atoms with Crippen LogP contribution in [-0.4, -0.2) is 65.7 Å². The fourth-order valence-electron chi connectivity index (χ4n) is 5.63. The summed E-state index contributed by atoms with van der Waals surface area (Å²) in [5, 5.41) is 13.9. The zero-order chi connectivity index (χ0) is 28.8. The molecule has 1 amide bonds. The van der Waals surface area contributed by atoms with E-state index in [1.807, 2.05) is 30.4 Å². The minimum absolute atomic E-state index is 0.0260. The van der Waals surface area contributed by atoms with Crippen molar-refractivity contribution in [1.29, 1.82) is 0 Å². The van der Waals surface area contributed by atoms with E-state index < -0.39 is 29.9 Å². The smallest absolute Gasteiger partial charge is 0.327 e. The summed E-state index contributed by atoms with van der Waals surface area (Å²) in [4.78, 5) is 19.7. The molecule has 3 aliphatic rings. The molecule has 41 heavy (non-hydrogen) atoms. The zero-order valence-corrected chi connectivity index (χ0v) is 23.1. The Kier molecular flexibility index (Phi) is 9.15. The summed E-state index contributed by atoms with van der Waals surface area (Å²) in [6, 6.07) is 9.64. The normalized spacial score (nSPS) is 23.3. The number of hydrogen-bond acceptors (Lipinski definition) is 6. The van der Waals surface area contributed by atoms with E-state index >= 15 is 8.78 Å². The first-order valence-corrected chi connectivity index (χ1v) is 14.3. The van der Waals surface area contributed by atoms with Crippen molar-refractivity contribution in [3.05, 3.63) is 84.2 Å². The molecule has 0 spiro atoms. The number of benzene rings is 1. The number of carbonyl (C=O) groups excluding carboxylic acids is 1. The van der Waals surface area contributed by atoms with Crippen LogP contribution in [0.4, 0.5) is 8.78 Å². The van der Waals surface area contributed by atoms with Gasteiger partial charge < -0.3 is 24.8 Å². The lowest BCUT2D eigenvalue weighted by molar-refractivity contribution is -0.156. The maximum Gasteiger partial charge on any atom is 0.327 e. The Morgan fingerprint density at radius 3 is 2.68 bits per heavy atom. The number of nitrogens with one attached hydrogen (secondary N) is 1. The minimum Gasteiger partial charge on any atom is -0.486 e. The van der Waals surface area contributed by atoms with Gasteiger partial charge in [0.25, 0.3) is 5.91 Å². The van der Waals surface area contributed by atoms with E-state index in [0.29, 0.717) is 42.3 Å². The second-order valence-electron chi connectivity index (χ2n) is 10.9. The van der Waals surface area contributed by atoms with Gasteiger partial charge in [-0.15, -0.1) is 0 Å². The Labute approximate surface area is 239 Å². The lowest BCUT2D eigenvalue weighted by Crippen LogP contribution is -2.53. The Morgan fingerprint density at radius 1 is 1.15 bits per heavy atom. The SMILES string of the molecule is C=C1/C=C\C(c2ccccn2)=C/CCC(C(F)(F)C(=O)N[C@H](CN2CCCC2)[C@H](O)c2ccc3c(c2)OCCO3)C1. The molecule has 0 saturated carbocycles. The summed E-state index contributed by atoms with van der Waals surface area (Å²) in [5.74, 6) is -5.25. The highest BCUT2D eigenvalue weighted by atomic mass is 19.3. The third-order valence-corrected chi connectivity index (χ3v) is 7.92. The highest BCUT2D eigenvalue weighted by molar-refractivity contribution is 5.84. The van der Waals surface area contributed by atoms with Gasteiger partial charge in [0.1, 0.15) is 19.3 Å². The van der Waals surface area contributed by atoms with Crippen molar-refractivity contribution < 1.29 is 28.2 Å². The van der Waals surface area contributed by atoms with Gasteiger partial charge in [0, 0.05) is 18.7 Å². The van der Waals surface area contributed by atoms with Gasteiger partial charge >= 0.3 is 5.92 Å². The Bertz CT molecular complexity index is 1290. The number of fused-ring (bicyclic) bond motifs is 1. The molecule has 3 heterocycles.